The molecule has 37 heavy (non-hydrogen) atoms. The van der Waals surface area contributed by atoms with Gasteiger partial charge in [0.15, 0.2) is 0 Å². The molecular weight excluding hydrogens is 488 g/mol. The maximum absolute atomic E-state index is 14.6. The number of fused-ring (bicyclic) bond motifs is 2. The standard InChI is InChI=1S/C29H44N2O5S/c1-19(17-32)31-22-24(34)30(27(5,6)18-26(2,3)4)15-12-14-29(22)20(23(31)33)21-25(35)36-16-11-9-8-10-13-28(21,7)37-29/h10,12-14,19-22,32H,8-9,11,15-18H2,1-7H3/b13-10-/t19-,20+,21+,22?,28-,29+/m1/s1. The van der Waals surface area contributed by atoms with Gasteiger partial charge in [0.25, 0.3) is 0 Å². The van der Waals surface area contributed by atoms with Gasteiger partial charge in [-0.2, -0.15) is 0 Å². The predicted molar refractivity (Wildman–Crippen MR) is 146 cm³/mol. The van der Waals surface area contributed by atoms with Crippen LogP contribution in [0, 0.1) is 17.3 Å². The predicted octanol–water partition coefficient (Wildman–Crippen LogP) is 3.95. The van der Waals surface area contributed by atoms with Crippen molar-refractivity contribution in [2.24, 2.45) is 17.3 Å². The number of thioether (sulfide) groups is 1. The van der Waals surface area contributed by atoms with Crippen LogP contribution in [0.2, 0.25) is 0 Å². The average molecular weight is 533 g/mol. The summed E-state index contributed by atoms with van der Waals surface area (Å²) in [6, 6.07) is -1.37. The maximum atomic E-state index is 14.6. The van der Waals surface area contributed by atoms with E-state index in [0.717, 1.165) is 25.7 Å². The minimum atomic E-state index is -0.930. The molecule has 4 aliphatic rings. The van der Waals surface area contributed by atoms with E-state index >= 15 is 0 Å². The van der Waals surface area contributed by atoms with Crippen LogP contribution in [-0.2, 0) is 19.1 Å². The normalized spacial score (nSPS) is 36.4. The number of rotatable bonds is 4. The molecule has 7 nitrogen and oxygen atoms in total. The van der Waals surface area contributed by atoms with E-state index in [1.165, 1.54) is 0 Å². The highest BCUT2D eigenvalue weighted by molar-refractivity contribution is 8.02. The summed E-state index contributed by atoms with van der Waals surface area (Å²) in [4.78, 5) is 45.9. The second-order valence-electron chi connectivity index (χ2n) is 13.2. The first kappa shape index (κ1) is 28.2. The molecule has 0 radical (unpaired) electrons. The van der Waals surface area contributed by atoms with Gasteiger partial charge in [-0.25, -0.2) is 0 Å². The van der Waals surface area contributed by atoms with Crippen molar-refractivity contribution >= 4 is 29.5 Å². The van der Waals surface area contributed by atoms with E-state index in [-0.39, 0.29) is 29.8 Å². The van der Waals surface area contributed by atoms with Crippen molar-refractivity contribution in [1.82, 2.24) is 9.80 Å². The molecule has 0 aliphatic carbocycles. The van der Waals surface area contributed by atoms with Crippen molar-refractivity contribution in [3.63, 3.8) is 0 Å². The van der Waals surface area contributed by atoms with Gasteiger partial charge in [0.05, 0.1) is 35.8 Å². The van der Waals surface area contributed by atoms with Crippen LogP contribution in [0.4, 0.5) is 0 Å². The number of aliphatic hydroxyl groups is 1. The Morgan fingerprint density at radius 2 is 1.78 bits per heavy atom. The Morgan fingerprint density at radius 1 is 1.08 bits per heavy atom. The van der Waals surface area contributed by atoms with Gasteiger partial charge in [-0.3, -0.25) is 14.4 Å². The quantitative estimate of drug-likeness (QED) is 0.436. The zero-order valence-electron chi connectivity index (χ0n) is 23.5. The molecule has 4 heterocycles. The topological polar surface area (TPSA) is 87.2 Å². The lowest BCUT2D eigenvalue weighted by Crippen LogP contribution is -2.60. The molecule has 1 unspecified atom stereocenters. The number of hydrogen-bond acceptors (Lipinski definition) is 6. The number of likely N-dealkylation sites (tertiary alicyclic amines) is 1. The number of esters is 1. The SMILES string of the molecule is C[C@H](CO)N1C(=O)[C@@H]2[C@H]3C(=O)OCCCC/C=C\[C@@]3(C)S[C@@]23C=CCN(C(C)(C)CC(C)(C)C)C(=O)C13. The first-order valence-electron chi connectivity index (χ1n) is 13.7. The number of aliphatic hydroxyl groups excluding tert-OH is 1. The third kappa shape index (κ3) is 4.77. The number of cyclic esters (lactones) is 1. The Kier molecular flexibility index (Phi) is 7.43. The van der Waals surface area contributed by atoms with Crippen LogP contribution >= 0.6 is 11.8 Å². The van der Waals surface area contributed by atoms with E-state index in [2.05, 4.69) is 46.8 Å². The molecule has 2 amide bonds. The molecule has 1 spiro atoms. The van der Waals surface area contributed by atoms with Crippen molar-refractivity contribution in [1.29, 1.82) is 0 Å². The summed E-state index contributed by atoms with van der Waals surface area (Å²) in [7, 11) is 0. The Bertz CT molecular complexity index is 1000. The fourth-order valence-electron chi connectivity index (χ4n) is 7.24. The molecule has 4 aliphatic heterocycles. The highest BCUT2D eigenvalue weighted by Crippen LogP contribution is 2.65. The largest absolute Gasteiger partial charge is 0.465 e. The van der Waals surface area contributed by atoms with E-state index in [1.807, 2.05) is 24.0 Å². The van der Waals surface area contributed by atoms with Gasteiger partial charge >= 0.3 is 5.97 Å². The second-order valence-corrected chi connectivity index (χ2v) is 15.0. The smallest absolute Gasteiger partial charge is 0.311 e. The number of ether oxygens (including phenoxy) is 1. The molecule has 0 aromatic carbocycles. The van der Waals surface area contributed by atoms with Crippen molar-refractivity contribution in [2.45, 2.75) is 101 Å². The summed E-state index contributed by atoms with van der Waals surface area (Å²) in [5.74, 6) is -2.20. The zero-order valence-corrected chi connectivity index (χ0v) is 24.3. The molecule has 0 aromatic heterocycles. The lowest BCUT2D eigenvalue weighted by molar-refractivity contribution is -0.155. The number of allylic oxidation sites excluding steroid dienone is 1. The number of nitrogens with zero attached hydrogens (tertiary/aromatic N) is 2. The fraction of sp³-hybridized carbons (Fsp3) is 0.759. The summed E-state index contributed by atoms with van der Waals surface area (Å²) < 4.78 is 4.09. The van der Waals surface area contributed by atoms with Crippen molar-refractivity contribution < 1.29 is 24.2 Å². The van der Waals surface area contributed by atoms with E-state index in [4.69, 9.17) is 4.74 Å². The molecule has 0 bridgehead atoms. The lowest BCUT2D eigenvalue weighted by Gasteiger charge is -2.45. The van der Waals surface area contributed by atoms with Crippen LogP contribution in [0.3, 0.4) is 0 Å². The number of hydrogen-bond donors (Lipinski definition) is 1. The first-order chi connectivity index (χ1) is 17.2. The highest BCUT2D eigenvalue weighted by Gasteiger charge is 2.74. The van der Waals surface area contributed by atoms with E-state index in [9.17, 15) is 19.5 Å². The Labute approximate surface area is 226 Å². The highest BCUT2D eigenvalue weighted by atomic mass is 32.2. The molecule has 6 atom stereocenters. The molecule has 0 saturated carbocycles. The van der Waals surface area contributed by atoms with Crippen LogP contribution in [0.25, 0.3) is 0 Å². The minimum Gasteiger partial charge on any atom is -0.465 e. The molecular formula is C29H44N2O5S. The molecule has 4 rings (SSSR count). The number of amides is 2. The zero-order chi connectivity index (χ0) is 27.4. The Morgan fingerprint density at radius 3 is 2.43 bits per heavy atom. The van der Waals surface area contributed by atoms with Gasteiger partial charge in [-0.1, -0.05) is 45.1 Å². The van der Waals surface area contributed by atoms with E-state index < -0.39 is 39.0 Å². The first-order valence-corrected chi connectivity index (χ1v) is 14.5. The third-order valence-corrected chi connectivity index (χ3v) is 10.2. The number of carbonyl (C=O) groups is 3. The summed E-state index contributed by atoms with van der Waals surface area (Å²) in [6.07, 6.45) is 11.6. The molecule has 2 fully saturated rings. The summed E-state index contributed by atoms with van der Waals surface area (Å²) >= 11 is 1.55. The van der Waals surface area contributed by atoms with Crippen molar-refractivity contribution in [3.05, 3.63) is 24.3 Å². The monoisotopic (exact) mass is 532 g/mol. The Balaban J connectivity index is 1.86. The van der Waals surface area contributed by atoms with Crippen LogP contribution in [0.5, 0.6) is 0 Å². The molecule has 8 heteroatoms. The summed E-state index contributed by atoms with van der Waals surface area (Å²) in [5.41, 5.74) is -0.458. The van der Waals surface area contributed by atoms with Crippen LogP contribution < -0.4 is 0 Å². The van der Waals surface area contributed by atoms with E-state index in [1.54, 1.807) is 23.6 Å². The van der Waals surface area contributed by atoms with E-state index in [0.29, 0.717) is 13.2 Å². The van der Waals surface area contributed by atoms with Gasteiger partial charge in [0, 0.05) is 16.8 Å². The van der Waals surface area contributed by atoms with Crippen molar-refractivity contribution in [3.8, 4) is 0 Å². The number of carbonyl (C=O) groups excluding carboxylic acids is 3. The third-order valence-electron chi connectivity index (χ3n) is 8.37. The van der Waals surface area contributed by atoms with Gasteiger partial charge < -0.3 is 19.6 Å². The van der Waals surface area contributed by atoms with Crippen LogP contribution in [0.1, 0.15) is 74.1 Å². The summed E-state index contributed by atoms with van der Waals surface area (Å²) in [5, 5.41) is 10.1. The van der Waals surface area contributed by atoms with Gasteiger partial charge in [0.1, 0.15) is 6.04 Å². The second kappa shape index (κ2) is 9.74. The minimum absolute atomic E-state index is 0.00378. The van der Waals surface area contributed by atoms with Gasteiger partial charge in [-0.15, -0.1) is 11.8 Å². The Hall–Kier alpha value is -1.80. The molecule has 0 aromatic rings. The maximum Gasteiger partial charge on any atom is 0.311 e. The van der Waals surface area contributed by atoms with Crippen LogP contribution in [0.15, 0.2) is 24.3 Å². The van der Waals surface area contributed by atoms with Gasteiger partial charge in [0.2, 0.25) is 11.8 Å². The average Bonchev–Trinajstić information content (AvgIpc) is 3.11. The van der Waals surface area contributed by atoms with Crippen molar-refractivity contribution in [2.75, 3.05) is 19.8 Å². The molecule has 2 saturated heterocycles. The molecule has 206 valence electrons. The van der Waals surface area contributed by atoms with Gasteiger partial charge in [-0.05, 0) is 58.8 Å². The fourth-order valence-corrected chi connectivity index (χ4v) is 9.38. The molecule has 1 N–H and O–H groups in total. The summed E-state index contributed by atoms with van der Waals surface area (Å²) in [6.45, 7) is 14.9. The van der Waals surface area contributed by atoms with Crippen LogP contribution in [-0.4, -0.2) is 79.6 Å². The lowest BCUT2D eigenvalue weighted by atomic mass is 9.74.